The van der Waals surface area contributed by atoms with Crippen molar-refractivity contribution < 1.29 is 8.78 Å². The van der Waals surface area contributed by atoms with Crippen molar-refractivity contribution in [3.8, 4) is 0 Å². The first-order valence-corrected chi connectivity index (χ1v) is 7.26. The average molecular weight is 290 g/mol. The fraction of sp³-hybridized carbons (Fsp3) is 0.353. The number of rotatable bonds is 7. The number of nitrogens with zero attached hydrogens (tertiary/aromatic N) is 1. The van der Waals surface area contributed by atoms with Crippen molar-refractivity contribution in [1.29, 1.82) is 0 Å². The number of likely N-dealkylation sites (N-methyl/N-ethyl adjacent to an activating group) is 1. The fourth-order valence-corrected chi connectivity index (χ4v) is 2.39. The third-order valence-corrected chi connectivity index (χ3v) is 3.45. The number of nitrogens with one attached hydrogen (secondary N) is 1. The van der Waals surface area contributed by atoms with E-state index in [1.54, 1.807) is 6.20 Å². The molecule has 1 N–H and O–H groups in total. The van der Waals surface area contributed by atoms with E-state index in [1.807, 2.05) is 25.1 Å². The Morgan fingerprint density at radius 2 is 2.05 bits per heavy atom. The van der Waals surface area contributed by atoms with E-state index >= 15 is 0 Å². The van der Waals surface area contributed by atoms with Crippen LogP contribution in [0.25, 0.3) is 0 Å². The largest absolute Gasteiger partial charge is 0.314 e. The van der Waals surface area contributed by atoms with Crippen LogP contribution in [0.5, 0.6) is 0 Å². The van der Waals surface area contributed by atoms with Gasteiger partial charge >= 0.3 is 0 Å². The van der Waals surface area contributed by atoms with Gasteiger partial charge in [-0.25, -0.2) is 8.78 Å². The molecule has 0 spiro atoms. The van der Waals surface area contributed by atoms with E-state index in [0.29, 0.717) is 12.0 Å². The minimum atomic E-state index is -0.537. The van der Waals surface area contributed by atoms with E-state index in [0.717, 1.165) is 31.1 Å². The van der Waals surface area contributed by atoms with Gasteiger partial charge < -0.3 is 5.32 Å². The Balaban J connectivity index is 1.98. The minimum Gasteiger partial charge on any atom is -0.314 e. The third-order valence-electron chi connectivity index (χ3n) is 3.45. The predicted molar refractivity (Wildman–Crippen MR) is 80.1 cm³/mol. The smallest absolute Gasteiger partial charge is 0.129 e. The van der Waals surface area contributed by atoms with Crippen molar-refractivity contribution in [2.24, 2.45) is 0 Å². The van der Waals surface area contributed by atoms with Gasteiger partial charge in [-0.3, -0.25) is 4.98 Å². The molecule has 4 heteroatoms. The topological polar surface area (TPSA) is 24.9 Å². The van der Waals surface area contributed by atoms with Gasteiger partial charge in [0.15, 0.2) is 0 Å². The number of hydrogen-bond acceptors (Lipinski definition) is 2. The highest BCUT2D eigenvalue weighted by Crippen LogP contribution is 2.14. The molecular formula is C17H20F2N2. The molecule has 1 unspecified atom stereocenters. The Morgan fingerprint density at radius 1 is 1.19 bits per heavy atom. The zero-order valence-electron chi connectivity index (χ0n) is 12.2. The van der Waals surface area contributed by atoms with E-state index in [1.165, 1.54) is 12.1 Å². The molecule has 0 saturated heterocycles. The highest BCUT2D eigenvalue weighted by atomic mass is 19.1. The van der Waals surface area contributed by atoms with Crippen LogP contribution < -0.4 is 5.32 Å². The highest BCUT2D eigenvalue weighted by molar-refractivity contribution is 5.19. The summed E-state index contributed by atoms with van der Waals surface area (Å²) in [7, 11) is 0. The van der Waals surface area contributed by atoms with Crippen LogP contribution in [0.2, 0.25) is 0 Å². The molecule has 0 aliphatic carbocycles. The van der Waals surface area contributed by atoms with Crippen LogP contribution in [0, 0.1) is 11.6 Å². The summed E-state index contributed by atoms with van der Waals surface area (Å²) in [6, 6.07) is 9.76. The molecule has 1 atom stereocenters. The maximum Gasteiger partial charge on any atom is 0.129 e. The summed E-state index contributed by atoms with van der Waals surface area (Å²) in [5, 5.41) is 3.35. The van der Waals surface area contributed by atoms with Gasteiger partial charge in [0.2, 0.25) is 0 Å². The van der Waals surface area contributed by atoms with E-state index in [4.69, 9.17) is 0 Å². The van der Waals surface area contributed by atoms with Crippen LogP contribution >= 0.6 is 0 Å². The summed E-state index contributed by atoms with van der Waals surface area (Å²) < 4.78 is 26.7. The Kier molecular flexibility index (Phi) is 5.81. The Bertz CT molecular complexity index is 558. The SMILES string of the molecule is CCNC(CCc1ccccn1)Cc1ccc(F)cc1F. The summed E-state index contributed by atoms with van der Waals surface area (Å²) in [4.78, 5) is 4.30. The van der Waals surface area contributed by atoms with Gasteiger partial charge in [-0.05, 0) is 49.6 Å². The Labute approximate surface area is 124 Å². The number of hydrogen-bond donors (Lipinski definition) is 1. The van der Waals surface area contributed by atoms with E-state index < -0.39 is 11.6 Å². The second-order valence-electron chi connectivity index (χ2n) is 5.05. The van der Waals surface area contributed by atoms with Crippen molar-refractivity contribution in [2.45, 2.75) is 32.2 Å². The molecule has 2 nitrogen and oxygen atoms in total. The van der Waals surface area contributed by atoms with Gasteiger partial charge in [-0.15, -0.1) is 0 Å². The molecule has 0 saturated carbocycles. The van der Waals surface area contributed by atoms with Crippen LogP contribution in [-0.2, 0) is 12.8 Å². The summed E-state index contributed by atoms with van der Waals surface area (Å²) in [5.41, 5.74) is 1.57. The van der Waals surface area contributed by atoms with Crippen LogP contribution in [0.3, 0.4) is 0 Å². The van der Waals surface area contributed by atoms with E-state index in [9.17, 15) is 8.78 Å². The highest BCUT2D eigenvalue weighted by Gasteiger charge is 2.12. The predicted octanol–water partition coefficient (Wildman–Crippen LogP) is 3.51. The molecule has 21 heavy (non-hydrogen) atoms. The summed E-state index contributed by atoms with van der Waals surface area (Å²) in [6.45, 7) is 2.84. The van der Waals surface area contributed by atoms with E-state index in [2.05, 4.69) is 10.3 Å². The quantitative estimate of drug-likeness (QED) is 0.844. The molecule has 0 amide bonds. The zero-order valence-corrected chi connectivity index (χ0v) is 12.2. The van der Waals surface area contributed by atoms with Crippen LogP contribution in [0.4, 0.5) is 8.78 Å². The minimum absolute atomic E-state index is 0.150. The lowest BCUT2D eigenvalue weighted by Crippen LogP contribution is -2.31. The zero-order chi connectivity index (χ0) is 15.1. The number of pyridine rings is 1. The molecule has 0 bridgehead atoms. The molecule has 2 aromatic rings. The number of benzene rings is 1. The van der Waals surface area contributed by atoms with Gasteiger partial charge in [0, 0.05) is 24.0 Å². The van der Waals surface area contributed by atoms with Crippen molar-refractivity contribution in [3.63, 3.8) is 0 Å². The van der Waals surface area contributed by atoms with Gasteiger partial charge in [0.25, 0.3) is 0 Å². The van der Waals surface area contributed by atoms with Gasteiger partial charge in [0.05, 0.1) is 0 Å². The molecule has 0 radical (unpaired) electrons. The number of aryl methyl sites for hydroxylation is 1. The molecule has 0 aliphatic rings. The molecule has 112 valence electrons. The van der Waals surface area contributed by atoms with Crippen molar-refractivity contribution in [1.82, 2.24) is 10.3 Å². The summed E-state index contributed by atoms with van der Waals surface area (Å²) in [6.07, 6.45) is 4.02. The molecule has 0 fully saturated rings. The second-order valence-corrected chi connectivity index (χ2v) is 5.05. The number of aromatic nitrogens is 1. The van der Waals surface area contributed by atoms with Crippen LogP contribution in [-0.4, -0.2) is 17.6 Å². The second kappa shape index (κ2) is 7.84. The standard InChI is InChI=1S/C17H20F2N2/c1-2-20-16(9-8-15-5-3-4-10-21-15)11-13-6-7-14(18)12-17(13)19/h3-7,10,12,16,20H,2,8-9,11H2,1H3. The monoisotopic (exact) mass is 290 g/mol. The van der Waals surface area contributed by atoms with Gasteiger partial charge in [0.1, 0.15) is 11.6 Å². The molecule has 1 aromatic heterocycles. The van der Waals surface area contributed by atoms with Crippen molar-refractivity contribution in [2.75, 3.05) is 6.54 Å². The first-order valence-electron chi connectivity index (χ1n) is 7.26. The molecule has 0 aliphatic heterocycles. The molecule has 2 rings (SSSR count). The van der Waals surface area contributed by atoms with Crippen molar-refractivity contribution in [3.05, 3.63) is 65.5 Å². The van der Waals surface area contributed by atoms with Crippen molar-refractivity contribution >= 4 is 0 Å². The van der Waals surface area contributed by atoms with Gasteiger partial charge in [-0.2, -0.15) is 0 Å². The normalized spacial score (nSPS) is 12.3. The summed E-state index contributed by atoms with van der Waals surface area (Å²) in [5.74, 6) is -1.01. The maximum atomic E-state index is 13.7. The molecular weight excluding hydrogens is 270 g/mol. The molecule has 1 aromatic carbocycles. The average Bonchev–Trinajstić information content (AvgIpc) is 2.49. The lowest BCUT2D eigenvalue weighted by atomic mass is 10.00. The first kappa shape index (κ1) is 15.6. The van der Waals surface area contributed by atoms with Crippen LogP contribution in [0.1, 0.15) is 24.6 Å². The number of halogens is 2. The Hall–Kier alpha value is -1.81. The molecule has 1 heterocycles. The van der Waals surface area contributed by atoms with E-state index in [-0.39, 0.29) is 6.04 Å². The lowest BCUT2D eigenvalue weighted by Gasteiger charge is -2.18. The lowest BCUT2D eigenvalue weighted by molar-refractivity contribution is 0.476. The fourth-order valence-electron chi connectivity index (χ4n) is 2.39. The maximum absolute atomic E-state index is 13.7. The third kappa shape index (κ3) is 4.90. The first-order chi connectivity index (χ1) is 10.2. The Morgan fingerprint density at radius 3 is 2.71 bits per heavy atom. The van der Waals surface area contributed by atoms with Crippen LogP contribution in [0.15, 0.2) is 42.6 Å². The summed E-state index contributed by atoms with van der Waals surface area (Å²) >= 11 is 0. The van der Waals surface area contributed by atoms with Gasteiger partial charge in [-0.1, -0.05) is 19.1 Å².